The molecule has 0 amide bonds. The first-order chi connectivity index (χ1) is 9.20. The van der Waals surface area contributed by atoms with Gasteiger partial charge in [-0.25, -0.2) is 9.29 Å². The van der Waals surface area contributed by atoms with Crippen LogP contribution in [0.1, 0.15) is 13.8 Å². The third-order valence-corrected chi connectivity index (χ3v) is 6.67. The van der Waals surface area contributed by atoms with E-state index in [-0.39, 0.29) is 0 Å². The van der Waals surface area contributed by atoms with Gasteiger partial charge in [0.2, 0.25) is 0 Å². The van der Waals surface area contributed by atoms with Gasteiger partial charge in [-0.3, -0.25) is 0 Å². The van der Waals surface area contributed by atoms with Crippen LogP contribution in [0.25, 0.3) is 10.2 Å². The number of para-hydroxylation sites is 1. The highest BCUT2D eigenvalue weighted by molar-refractivity contribution is 8.76. The predicted molar refractivity (Wildman–Crippen MR) is 84.7 cm³/mol. The van der Waals surface area contributed by atoms with Gasteiger partial charge in [-0.05, 0) is 47.8 Å². The molecule has 0 saturated carbocycles. The van der Waals surface area contributed by atoms with Crippen molar-refractivity contribution in [1.29, 1.82) is 0 Å². The maximum absolute atomic E-state index is 5.74. The van der Waals surface area contributed by atoms with E-state index in [1.807, 2.05) is 6.07 Å². The number of hydrogen-bond donors (Lipinski definition) is 0. The molecule has 1 aromatic heterocycles. The van der Waals surface area contributed by atoms with Crippen LogP contribution in [-0.4, -0.2) is 34.6 Å². The van der Waals surface area contributed by atoms with E-state index in [0.29, 0.717) is 12.2 Å². The lowest BCUT2D eigenvalue weighted by Gasteiger charge is -2.33. The minimum absolute atomic E-state index is 0.312. The van der Waals surface area contributed by atoms with Crippen LogP contribution in [0.5, 0.6) is 0 Å². The zero-order chi connectivity index (χ0) is 13.2. The van der Waals surface area contributed by atoms with Crippen molar-refractivity contribution in [2.75, 3.05) is 13.1 Å². The SMILES string of the molecule is CC1CN(SSc2nc3ccccc3s2)CC(C)O1. The molecular formula is C13H16N2OS3. The molecule has 19 heavy (non-hydrogen) atoms. The molecule has 1 saturated heterocycles. The molecule has 1 aromatic carbocycles. The monoisotopic (exact) mass is 312 g/mol. The van der Waals surface area contributed by atoms with Crippen molar-refractivity contribution in [3.63, 3.8) is 0 Å². The molecule has 1 aliphatic rings. The molecule has 1 aliphatic heterocycles. The first kappa shape index (κ1) is 13.7. The molecule has 2 heterocycles. The van der Waals surface area contributed by atoms with Crippen LogP contribution in [-0.2, 0) is 4.74 Å². The molecule has 2 aromatic rings. The van der Waals surface area contributed by atoms with Gasteiger partial charge in [0.15, 0.2) is 4.34 Å². The first-order valence-corrected chi connectivity index (χ1v) is 9.23. The molecule has 2 atom stereocenters. The summed E-state index contributed by atoms with van der Waals surface area (Å²) in [6.45, 7) is 6.22. The first-order valence-electron chi connectivity index (χ1n) is 6.31. The van der Waals surface area contributed by atoms with E-state index >= 15 is 0 Å². The lowest BCUT2D eigenvalue weighted by molar-refractivity contribution is -0.0410. The van der Waals surface area contributed by atoms with Gasteiger partial charge in [-0.2, -0.15) is 0 Å². The highest BCUT2D eigenvalue weighted by atomic mass is 33.1. The molecule has 0 spiro atoms. The summed E-state index contributed by atoms with van der Waals surface area (Å²) in [5.74, 6) is 0. The zero-order valence-electron chi connectivity index (χ0n) is 10.9. The molecule has 6 heteroatoms. The highest BCUT2D eigenvalue weighted by Gasteiger charge is 2.23. The number of aromatic nitrogens is 1. The second-order valence-electron chi connectivity index (χ2n) is 4.71. The van der Waals surface area contributed by atoms with E-state index in [4.69, 9.17) is 4.74 Å². The summed E-state index contributed by atoms with van der Waals surface area (Å²) in [5, 5.41) is 0. The average Bonchev–Trinajstić information content (AvgIpc) is 2.78. The van der Waals surface area contributed by atoms with Crippen LogP contribution in [0, 0.1) is 0 Å². The van der Waals surface area contributed by atoms with E-state index in [1.165, 1.54) is 4.70 Å². The molecule has 0 aliphatic carbocycles. The van der Waals surface area contributed by atoms with E-state index in [1.54, 1.807) is 33.1 Å². The molecule has 3 nitrogen and oxygen atoms in total. The maximum Gasteiger partial charge on any atom is 0.162 e. The second-order valence-corrected chi connectivity index (χ2v) is 8.16. The number of hydrogen-bond acceptors (Lipinski definition) is 6. The van der Waals surface area contributed by atoms with Gasteiger partial charge in [0.1, 0.15) is 0 Å². The van der Waals surface area contributed by atoms with Gasteiger partial charge < -0.3 is 4.74 Å². The Morgan fingerprint density at radius 2 is 2.00 bits per heavy atom. The van der Waals surface area contributed by atoms with Gasteiger partial charge >= 0.3 is 0 Å². The fourth-order valence-corrected chi connectivity index (χ4v) is 5.68. The quantitative estimate of drug-likeness (QED) is 0.629. The summed E-state index contributed by atoms with van der Waals surface area (Å²) in [4.78, 5) is 4.64. The normalized spacial score (nSPS) is 24.9. The van der Waals surface area contributed by atoms with Crippen molar-refractivity contribution in [3.8, 4) is 0 Å². The fraction of sp³-hybridized carbons (Fsp3) is 0.462. The minimum Gasteiger partial charge on any atom is -0.373 e. The minimum atomic E-state index is 0.312. The predicted octanol–water partition coefficient (Wildman–Crippen LogP) is 4.06. The molecule has 0 radical (unpaired) electrons. The Morgan fingerprint density at radius 1 is 1.26 bits per heavy atom. The number of fused-ring (bicyclic) bond motifs is 1. The van der Waals surface area contributed by atoms with Crippen molar-refractivity contribution in [2.45, 2.75) is 30.4 Å². The van der Waals surface area contributed by atoms with Crippen LogP contribution >= 0.6 is 33.1 Å². The summed E-state index contributed by atoms with van der Waals surface area (Å²) >= 11 is 1.76. The van der Waals surface area contributed by atoms with Crippen LogP contribution in [0.4, 0.5) is 0 Å². The summed E-state index contributed by atoms with van der Waals surface area (Å²) in [6.07, 6.45) is 0.624. The Hall–Kier alpha value is -0.270. The van der Waals surface area contributed by atoms with Crippen molar-refractivity contribution < 1.29 is 4.74 Å². The molecule has 0 bridgehead atoms. The molecular weight excluding hydrogens is 296 g/mol. The van der Waals surface area contributed by atoms with E-state index in [0.717, 1.165) is 22.9 Å². The third-order valence-electron chi connectivity index (χ3n) is 2.87. The Morgan fingerprint density at radius 3 is 2.74 bits per heavy atom. The zero-order valence-corrected chi connectivity index (χ0v) is 13.4. The van der Waals surface area contributed by atoms with Crippen LogP contribution in [0.15, 0.2) is 28.6 Å². The van der Waals surface area contributed by atoms with E-state index in [2.05, 4.69) is 41.3 Å². The summed E-state index contributed by atoms with van der Waals surface area (Å²) in [7, 11) is 3.54. The smallest absolute Gasteiger partial charge is 0.162 e. The summed E-state index contributed by atoms with van der Waals surface area (Å²) < 4.78 is 10.5. The van der Waals surface area contributed by atoms with E-state index < -0.39 is 0 Å². The third kappa shape index (κ3) is 3.44. The van der Waals surface area contributed by atoms with Crippen molar-refractivity contribution in [3.05, 3.63) is 24.3 Å². The second kappa shape index (κ2) is 6.01. The molecule has 102 valence electrons. The van der Waals surface area contributed by atoms with Crippen LogP contribution < -0.4 is 0 Å². The van der Waals surface area contributed by atoms with Crippen LogP contribution in [0.2, 0.25) is 0 Å². The average molecular weight is 312 g/mol. The van der Waals surface area contributed by atoms with Gasteiger partial charge in [-0.15, -0.1) is 11.3 Å². The number of ether oxygens (including phenoxy) is 1. The molecule has 0 N–H and O–H groups in total. The number of morpholine rings is 1. The Bertz CT molecular complexity index is 517. The number of thiazole rings is 1. The highest BCUT2D eigenvalue weighted by Crippen LogP contribution is 2.39. The number of rotatable bonds is 3. The Labute approximate surface area is 125 Å². The van der Waals surface area contributed by atoms with Gasteiger partial charge in [0.25, 0.3) is 0 Å². The van der Waals surface area contributed by atoms with Crippen molar-refractivity contribution >= 4 is 43.3 Å². The van der Waals surface area contributed by atoms with Gasteiger partial charge in [0.05, 0.1) is 22.4 Å². The fourth-order valence-electron chi connectivity index (χ4n) is 2.16. The number of nitrogens with zero attached hydrogens (tertiary/aromatic N) is 2. The number of benzene rings is 1. The van der Waals surface area contributed by atoms with Crippen LogP contribution in [0.3, 0.4) is 0 Å². The summed E-state index contributed by atoms with van der Waals surface area (Å²) in [6, 6.07) is 8.29. The molecule has 2 unspecified atom stereocenters. The van der Waals surface area contributed by atoms with Crippen molar-refractivity contribution in [1.82, 2.24) is 9.29 Å². The van der Waals surface area contributed by atoms with Gasteiger partial charge in [-0.1, -0.05) is 12.1 Å². The van der Waals surface area contributed by atoms with E-state index in [9.17, 15) is 0 Å². The lowest BCUT2D eigenvalue weighted by Crippen LogP contribution is -2.41. The summed E-state index contributed by atoms with van der Waals surface area (Å²) in [5.41, 5.74) is 1.10. The Balaban J connectivity index is 1.62. The largest absolute Gasteiger partial charge is 0.373 e. The topological polar surface area (TPSA) is 25.4 Å². The van der Waals surface area contributed by atoms with Gasteiger partial charge in [0, 0.05) is 13.1 Å². The molecule has 1 fully saturated rings. The Kier molecular flexibility index (Phi) is 4.34. The van der Waals surface area contributed by atoms with Crippen molar-refractivity contribution in [2.24, 2.45) is 0 Å². The lowest BCUT2D eigenvalue weighted by atomic mass is 10.3. The molecule has 3 rings (SSSR count). The maximum atomic E-state index is 5.74. The standard InChI is InChI=1S/C13H16N2OS3/c1-9-7-15(8-10(2)16-9)19-18-13-14-11-5-3-4-6-12(11)17-13/h3-6,9-10H,7-8H2,1-2H3.